The van der Waals surface area contributed by atoms with Gasteiger partial charge in [0, 0.05) is 24.4 Å². The van der Waals surface area contributed by atoms with Gasteiger partial charge < -0.3 is 4.74 Å². The van der Waals surface area contributed by atoms with Crippen LogP contribution in [-0.4, -0.2) is 22.4 Å². The molecule has 116 valence electrons. The standard InChI is InChI=1S/C19H18N2O2/c1-3-23-19(22)16-11-7-10-15(12-16)18-17(13-21(2)20-18)14-8-5-4-6-9-14/h4-13H,3H2,1-2H3. The molecule has 2 aromatic carbocycles. The number of hydrogen-bond acceptors (Lipinski definition) is 3. The van der Waals surface area contributed by atoms with Crippen molar-refractivity contribution < 1.29 is 9.53 Å². The van der Waals surface area contributed by atoms with Crippen LogP contribution in [0.25, 0.3) is 22.4 Å². The molecule has 0 bridgehead atoms. The highest BCUT2D eigenvalue weighted by atomic mass is 16.5. The van der Waals surface area contributed by atoms with E-state index >= 15 is 0 Å². The van der Waals surface area contributed by atoms with E-state index in [1.54, 1.807) is 17.7 Å². The van der Waals surface area contributed by atoms with Crippen LogP contribution in [-0.2, 0) is 11.8 Å². The minimum atomic E-state index is -0.313. The molecule has 0 aliphatic heterocycles. The molecule has 0 unspecified atom stereocenters. The molecule has 3 aromatic rings. The topological polar surface area (TPSA) is 44.1 Å². The van der Waals surface area contributed by atoms with Crippen molar-refractivity contribution in [2.45, 2.75) is 6.92 Å². The van der Waals surface area contributed by atoms with E-state index in [1.165, 1.54) is 0 Å². The fourth-order valence-electron chi connectivity index (χ4n) is 2.54. The summed E-state index contributed by atoms with van der Waals surface area (Å²) in [6, 6.07) is 17.5. The van der Waals surface area contributed by atoms with Crippen LogP contribution in [0.3, 0.4) is 0 Å². The summed E-state index contributed by atoms with van der Waals surface area (Å²) in [5.74, 6) is -0.313. The molecule has 1 aromatic heterocycles. The van der Waals surface area contributed by atoms with Gasteiger partial charge in [0.15, 0.2) is 0 Å². The number of nitrogens with zero attached hydrogens (tertiary/aromatic N) is 2. The maximum atomic E-state index is 11.9. The number of esters is 1. The van der Waals surface area contributed by atoms with E-state index in [1.807, 2.05) is 49.6 Å². The lowest BCUT2D eigenvalue weighted by Crippen LogP contribution is -2.04. The average Bonchev–Trinajstić information content (AvgIpc) is 2.98. The van der Waals surface area contributed by atoms with Crippen LogP contribution in [0.4, 0.5) is 0 Å². The van der Waals surface area contributed by atoms with Gasteiger partial charge in [0.25, 0.3) is 0 Å². The third-order valence-electron chi connectivity index (χ3n) is 3.56. The first-order valence-electron chi connectivity index (χ1n) is 7.55. The lowest BCUT2D eigenvalue weighted by Gasteiger charge is -2.06. The molecule has 0 aliphatic carbocycles. The second kappa shape index (κ2) is 6.48. The molecule has 0 aliphatic rings. The van der Waals surface area contributed by atoms with Crippen molar-refractivity contribution in [1.82, 2.24) is 9.78 Å². The van der Waals surface area contributed by atoms with Crippen LogP contribution in [0.15, 0.2) is 60.8 Å². The Kier molecular flexibility index (Phi) is 4.24. The largest absolute Gasteiger partial charge is 0.462 e. The molecule has 0 N–H and O–H groups in total. The van der Waals surface area contributed by atoms with Crippen LogP contribution in [0, 0.1) is 0 Å². The molecule has 0 saturated heterocycles. The second-order valence-corrected chi connectivity index (χ2v) is 5.23. The molecule has 23 heavy (non-hydrogen) atoms. The fraction of sp³-hybridized carbons (Fsp3) is 0.158. The number of aryl methyl sites for hydroxylation is 1. The van der Waals surface area contributed by atoms with E-state index in [2.05, 4.69) is 17.2 Å². The minimum Gasteiger partial charge on any atom is -0.462 e. The number of benzene rings is 2. The average molecular weight is 306 g/mol. The Labute approximate surface area is 135 Å². The SMILES string of the molecule is CCOC(=O)c1cccc(-c2nn(C)cc2-c2ccccc2)c1. The van der Waals surface area contributed by atoms with Gasteiger partial charge in [-0.15, -0.1) is 0 Å². The zero-order valence-corrected chi connectivity index (χ0v) is 13.2. The van der Waals surface area contributed by atoms with Gasteiger partial charge in [0.2, 0.25) is 0 Å². The Balaban J connectivity index is 2.06. The Hall–Kier alpha value is -2.88. The molecule has 3 rings (SSSR count). The molecule has 0 fully saturated rings. The zero-order chi connectivity index (χ0) is 16.2. The van der Waals surface area contributed by atoms with Gasteiger partial charge in [0.05, 0.1) is 12.2 Å². The van der Waals surface area contributed by atoms with Crippen molar-refractivity contribution in [3.8, 4) is 22.4 Å². The number of aromatic nitrogens is 2. The van der Waals surface area contributed by atoms with Crippen molar-refractivity contribution in [2.24, 2.45) is 7.05 Å². The Morgan fingerprint density at radius 3 is 2.57 bits per heavy atom. The van der Waals surface area contributed by atoms with E-state index < -0.39 is 0 Å². The van der Waals surface area contributed by atoms with E-state index in [0.717, 1.165) is 22.4 Å². The molecule has 1 heterocycles. The smallest absolute Gasteiger partial charge is 0.338 e. The number of hydrogen-bond donors (Lipinski definition) is 0. The van der Waals surface area contributed by atoms with Crippen LogP contribution >= 0.6 is 0 Å². The minimum absolute atomic E-state index is 0.313. The van der Waals surface area contributed by atoms with Crippen LogP contribution in [0.5, 0.6) is 0 Å². The summed E-state index contributed by atoms with van der Waals surface area (Å²) in [5, 5.41) is 4.57. The Morgan fingerprint density at radius 2 is 1.83 bits per heavy atom. The highest BCUT2D eigenvalue weighted by molar-refractivity contribution is 5.92. The second-order valence-electron chi connectivity index (χ2n) is 5.23. The lowest BCUT2D eigenvalue weighted by atomic mass is 10.0. The van der Waals surface area contributed by atoms with Gasteiger partial charge >= 0.3 is 5.97 Å². The molecule has 4 nitrogen and oxygen atoms in total. The third-order valence-corrected chi connectivity index (χ3v) is 3.56. The van der Waals surface area contributed by atoms with Crippen molar-refractivity contribution in [3.05, 3.63) is 66.4 Å². The summed E-state index contributed by atoms with van der Waals surface area (Å²) < 4.78 is 6.86. The van der Waals surface area contributed by atoms with Gasteiger partial charge in [-0.3, -0.25) is 4.68 Å². The van der Waals surface area contributed by atoms with Crippen LogP contribution in [0.2, 0.25) is 0 Å². The van der Waals surface area contributed by atoms with Crippen molar-refractivity contribution >= 4 is 5.97 Å². The predicted molar refractivity (Wildman–Crippen MR) is 90.0 cm³/mol. The van der Waals surface area contributed by atoms with E-state index in [9.17, 15) is 4.79 Å². The first-order chi connectivity index (χ1) is 11.2. The lowest BCUT2D eigenvalue weighted by molar-refractivity contribution is 0.0526. The summed E-state index contributed by atoms with van der Waals surface area (Å²) in [7, 11) is 1.89. The monoisotopic (exact) mass is 306 g/mol. The third kappa shape index (κ3) is 3.16. The molecular weight excluding hydrogens is 288 g/mol. The zero-order valence-electron chi connectivity index (χ0n) is 13.2. The van der Waals surface area contributed by atoms with Crippen molar-refractivity contribution in [3.63, 3.8) is 0 Å². The van der Waals surface area contributed by atoms with Gasteiger partial charge in [-0.1, -0.05) is 42.5 Å². The normalized spacial score (nSPS) is 10.5. The van der Waals surface area contributed by atoms with E-state index in [0.29, 0.717) is 12.2 Å². The number of carbonyl (C=O) groups is 1. The molecule has 0 amide bonds. The highest BCUT2D eigenvalue weighted by Gasteiger charge is 2.14. The van der Waals surface area contributed by atoms with Crippen molar-refractivity contribution in [2.75, 3.05) is 6.61 Å². The molecule has 0 radical (unpaired) electrons. The van der Waals surface area contributed by atoms with Crippen LogP contribution < -0.4 is 0 Å². The number of carbonyl (C=O) groups excluding carboxylic acids is 1. The van der Waals surface area contributed by atoms with Gasteiger partial charge in [-0.2, -0.15) is 5.10 Å². The molecule has 4 heteroatoms. The molecular formula is C19H18N2O2. The predicted octanol–water partition coefficient (Wildman–Crippen LogP) is 3.93. The summed E-state index contributed by atoms with van der Waals surface area (Å²) in [4.78, 5) is 11.9. The van der Waals surface area contributed by atoms with Gasteiger partial charge in [-0.05, 0) is 24.6 Å². The fourth-order valence-corrected chi connectivity index (χ4v) is 2.54. The maximum absolute atomic E-state index is 11.9. The number of ether oxygens (including phenoxy) is 1. The maximum Gasteiger partial charge on any atom is 0.338 e. The highest BCUT2D eigenvalue weighted by Crippen LogP contribution is 2.31. The van der Waals surface area contributed by atoms with Gasteiger partial charge in [0.1, 0.15) is 5.69 Å². The first-order valence-corrected chi connectivity index (χ1v) is 7.55. The summed E-state index contributed by atoms with van der Waals surface area (Å²) in [5.41, 5.74) is 4.42. The summed E-state index contributed by atoms with van der Waals surface area (Å²) in [6.45, 7) is 2.16. The molecule has 0 atom stereocenters. The van der Waals surface area contributed by atoms with Gasteiger partial charge in [-0.25, -0.2) is 4.79 Å². The summed E-state index contributed by atoms with van der Waals surface area (Å²) >= 11 is 0. The molecule has 0 saturated carbocycles. The van der Waals surface area contributed by atoms with E-state index in [-0.39, 0.29) is 5.97 Å². The first kappa shape index (κ1) is 15.0. The Morgan fingerprint density at radius 1 is 1.09 bits per heavy atom. The summed E-state index contributed by atoms with van der Waals surface area (Å²) in [6.07, 6.45) is 1.99. The van der Waals surface area contributed by atoms with Crippen molar-refractivity contribution in [1.29, 1.82) is 0 Å². The van der Waals surface area contributed by atoms with E-state index in [4.69, 9.17) is 4.74 Å². The molecule has 0 spiro atoms. The van der Waals surface area contributed by atoms with Crippen LogP contribution in [0.1, 0.15) is 17.3 Å². The Bertz CT molecular complexity index is 822. The quantitative estimate of drug-likeness (QED) is 0.686. The number of rotatable bonds is 4.